The maximum atomic E-state index is 6.45. The van der Waals surface area contributed by atoms with Gasteiger partial charge in [0.2, 0.25) is 0 Å². The number of rotatable bonds is 7. The van der Waals surface area contributed by atoms with Crippen LogP contribution in [0.5, 0.6) is 0 Å². The third-order valence-corrected chi connectivity index (χ3v) is 3.99. The highest BCUT2D eigenvalue weighted by Gasteiger charge is 2.19. The third kappa shape index (κ3) is 3.49. The summed E-state index contributed by atoms with van der Waals surface area (Å²) < 4.78 is 0. The fraction of sp³-hybridized carbons (Fsp3) is 0.412. The molecule has 2 rings (SSSR count). The van der Waals surface area contributed by atoms with Gasteiger partial charge in [-0.15, -0.1) is 18.2 Å². The first-order valence-corrected chi connectivity index (χ1v) is 7.27. The number of hydrogen-bond donors (Lipinski definition) is 0. The second-order valence-electron chi connectivity index (χ2n) is 5.00. The third-order valence-electron chi connectivity index (χ3n) is 3.59. The Morgan fingerprint density at radius 2 is 2.11 bits per heavy atom. The molecule has 0 saturated carbocycles. The van der Waals surface area contributed by atoms with Crippen LogP contribution in [0.4, 0.5) is 0 Å². The maximum absolute atomic E-state index is 6.45. The molecule has 96 valence electrons. The van der Waals surface area contributed by atoms with E-state index in [0.717, 1.165) is 19.3 Å². The van der Waals surface area contributed by atoms with Crippen molar-refractivity contribution in [1.82, 2.24) is 0 Å². The summed E-state index contributed by atoms with van der Waals surface area (Å²) in [6.07, 6.45) is 12.2. The Bertz CT molecular complexity index is 419. The van der Waals surface area contributed by atoms with E-state index in [1.165, 1.54) is 24.0 Å². The smallest absolute Gasteiger partial charge is 0.0344 e. The van der Waals surface area contributed by atoms with Gasteiger partial charge in [0.1, 0.15) is 0 Å². The molecule has 0 spiro atoms. The molecule has 1 heteroatoms. The zero-order valence-corrected chi connectivity index (χ0v) is 11.6. The molecule has 1 aliphatic rings. The van der Waals surface area contributed by atoms with Gasteiger partial charge in [0.25, 0.3) is 0 Å². The van der Waals surface area contributed by atoms with Gasteiger partial charge in [-0.25, -0.2) is 0 Å². The van der Waals surface area contributed by atoms with Crippen molar-refractivity contribution >= 4 is 17.7 Å². The first kappa shape index (κ1) is 13.4. The Morgan fingerprint density at radius 1 is 1.28 bits per heavy atom. The summed E-state index contributed by atoms with van der Waals surface area (Å²) in [7, 11) is 0. The van der Waals surface area contributed by atoms with Crippen molar-refractivity contribution in [2.24, 2.45) is 0 Å². The quantitative estimate of drug-likeness (QED) is 0.343. The molecule has 2 unspecified atom stereocenters. The van der Waals surface area contributed by atoms with Crippen LogP contribution in [0.2, 0.25) is 0 Å². The lowest BCUT2D eigenvalue weighted by Crippen LogP contribution is -2.05. The van der Waals surface area contributed by atoms with E-state index >= 15 is 0 Å². The van der Waals surface area contributed by atoms with Gasteiger partial charge in [0.05, 0.1) is 0 Å². The summed E-state index contributed by atoms with van der Waals surface area (Å²) in [5, 5.41) is 0.288. The van der Waals surface area contributed by atoms with Crippen molar-refractivity contribution < 1.29 is 0 Å². The van der Waals surface area contributed by atoms with E-state index in [2.05, 4.69) is 43.0 Å². The normalized spacial score (nSPS) is 18.6. The molecule has 0 aliphatic heterocycles. The van der Waals surface area contributed by atoms with E-state index in [4.69, 9.17) is 11.6 Å². The molecule has 1 aromatic carbocycles. The molecular formula is C17H21Cl. The Labute approximate surface area is 115 Å². The molecule has 1 aliphatic carbocycles. The fourth-order valence-electron chi connectivity index (χ4n) is 2.58. The van der Waals surface area contributed by atoms with E-state index in [-0.39, 0.29) is 5.38 Å². The molecule has 0 aromatic heterocycles. The average Bonchev–Trinajstić information content (AvgIpc) is 2.78. The molecule has 0 N–H and O–H groups in total. The topological polar surface area (TPSA) is 0 Å². The van der Waals surface area contributed by atoms with Crippen LogP contribution in [0, 0.1) is 0 Å². The summed E-state index contributed by atoms with van der Waals surface area (Å²) in [5.74, 6) is 0.517. The van der Waals surface area contributed by atoms with Gasteiger partial charge in [0, 0.05) is 11.3 Å². The Hall–Kier alpha value is -1.01. The van der Waals surface area contributed by atoms with Crippen LogP contribution in [0.1, 0.15) is 49.1 Å². The molecule has 2 atom stereocenters. The van der Waals surface area contributed by atoms with Gasteiger partial charge in [-0.2, -0.15) is 0 Å². The SMILES string of the molecule is C=CCCCCC(Cl)CC1C=Cc2ccccc21. The monoisotopic (exact) mass is 260 g/mol. The first-order valence-electron chi connectivity index (χ1n) is 6.83. The van der Waals surface area contributed by atoms with Crippen molar-refractivity contribution in [3.05, 3.63) is 54.1 Å². The van der Waals surface area contributed by atoms with Crippen LogP contribution in [0.25, 0.3) is 6.08 Å². The van der Waals surface area contributed by atoms with Gasteiger partial charge in [-0.1, -0.05) is 48.9 Å². The highest BCUT2D eigenvalue weighted by molar-refractivity contribution is 6.20. The molecule has 1 aromatic rings. The average molecular weight is 261 g/mol. The fourth-order valence-corrected chi connectivity index (χ4v) is 2.92. The predicted octanol–water partition coefficient (Wildman–Crippen LogP) is 5.54. The van der Waals surface area contributed by atoms with Crippen molar-refractivity contribution in [3.8, 4) is 0 Å². The van der Waals surface area contributed by atoms with E-state index in [0.29, 0.717) is 5.92 Å². The Morgan fingerprint density at radius 3 is 2.94 bits per heavy atom. The minimum absolute atomic E-state index is 0.288. The summed E-state index contributed by atoms with van der Waals surface area (Å²) >= 11 is 6.45. The zero-order valence-electron chi connectivity index (χ0n) is 10.8. The molecular weight excluding hydrogens is 240 g/mol. The van der Waals surface area contributed by atoms with E-state index in [9.17, 15) is 0 Å². The Kier molecular flexibility index (Phi) is 5.07. The van der Waals surface area contributed by atoms with Crippen molar-refractivity contribution in [3.63, 3.8) is 0 Å². The largest absolute Gasteiger partial charge is 0.123 e. The van der Waals surface area contributed by atoms with Gasteiger partial charge >= 0.3 is 0 Å². The number of fused-ring (bicyclic) bond motifs is 1. The van der Waals surface area contributed by atoms with E-state index < -0.39 is 0 Å². The number of allylic oxidation sites excluding steroid dienone is 2. The number of hydrogen-bond acceptors (Lipinski definition) is 0. The molecule has 0 bridgehead atoms. The van der Waals surface area contributed by atoms with Crippen LogP contribution in [-0.2, 0) is 0 Å². The van der Waals surface area contributed by atoms with Crippen LogP contribution in [-0.4, -0.2) is 5.38 Å². The summed E-state index contributed by atoms with van der Waals surface area (Å²) in [6, 6.07) is 8.62. The second-order valence-corrected chi connectivity index (χ2v) is 5.62. The van der Waals surface area contributed by atoms with Crippen LogP contribution in [0.15, 0.2) is 43.0 Å². The highest BCUT2D eigenvalue weighted by Crippen LogP contribution is 2.35. The van der Waals surface area contributed by atoms with Crippen molar-refractivity contribution in [1.29, 1.82) is 0 Å². The lowest BCUT2D eigenvalue weighted by molar-refractivity contribution is 0.603. The number of alkyl halides is 1. The van der Waals surface area contributed by atoms with Crippen molar-refractivity contribution in [2.75, 3.05) is 0 Å². The van der Waals surface area contributed by atoms with Crippen LogP contribution >= 0.6 is 11.6 Å². The summed E-state index contributed by atoms with van der Waals surface area (Å²) in [4.78, 5) is 0. The minimum Gasteiger partial charge on any atom is -0.123 e. The first-order chi connectivity index (χ1) is 8.81. The van der Waals surface area contributed by atoms with Gasteiger partial charge in [-0.3, -0.25) is 0 Å². The number of benzene rings is 1. The van der Waals surface area contributed by atoms with Gasteiger partial charge in [0.15, 0.2) is 0 Å². The maximum Gasteiger partial charge on any atom is 0.0344 e. The van der Waals surface area contributed by atoms with E-state index in [1.807, 2.05) is 6.08 Å². The summed E-state index contributed by atoms with van der Waals surface area (Å²) in [5.41, 5.74) is 2.80. The van der Waals surface area contributed by atoms with E-state index in [1.54, 1.807) is 0 Å². The lowest BCUT2D eigenvalue weighted by atomic mass is 9.94. The molecule has 18 heavy (non-hydrogen) atoms. The molecule has 0 heterocycles. The zero-order chi connectivity index (χ0) is 12.8. The highest BCUT2D eigenvalue weighted by atomic mass is 35.5. The molecule has 0 saturated heterocycles. The minimum atomic E-state index is 0.288. The standard InChI is InChI=1S/C17H21Cl/c1-2-3-4-5-9-16(18)13-15-12-11-14-8-6-7-10-17(14)15/h2,6-8,10-12,15-16H,1,3-5,9,13H2. The molecule has 0 nitrogen and oxygen atoms in total. The number of unbranched alkanes of at least 4 members (excludes halogenated alkanes) is 2. The van der Waals surface area contributed by atoms with Crippen LogP contribution < -0.4 is 0 Å². The lowest BCUT2D eigenvalue weighted by Gasteiger charge is -2.15. The molecule has 0 amide bonds. The summed E-state index contributed by atoms with van der Waals surface area (Å²) in [6.45, 7) is 3.74. The second kappa shape index (κ2) is 6.80. The Balaban J connectivity index is 1.80. The molecule has 0 fully saturated rings. The van der Waals surface area contributed by atoms with Gasteiger partial charge < -0.3 is 0 Å². The number of halogens is 1. The van der Waals surface area contributed by atoms with Crippen LogP contribution in [0.3, 0.4) is 0 Å². The van der Waals surface area contributed by atoms with Crippen molar-refractivity contribution in [2.45, 2.75) is 43.4 Å². The molecule has 0 radical (unpaired) electrons. The van der Waals surface area contributed by atoms with Gasteiger partial charge in [-0.05, 0) is 36.8 Å². The predicted molar refractivity (Wildman–Crippen MR) is 81.1 cm³/mol.